The number of carbonyl (C=O) groups is 2. The number of carbonyl (C=O) groups excluding carboxylic acids is 2. The molecule has 1 rings (SSSR count). The molecule has 0 bridgehead atoms. The Morgan fingerprint density at radius 2 is 2.00 bits per heavy atom. The molecule has 1 fully saturated rings. The first-order valence-electron chi connectivity index (χ1n) is 7.64. The minimum atomic E-state index is -0.369. The molecule has 0 unspecified atom stereocenters. The molecule has 6 nitrogen and oxygen atoms in total. The van der Waals surface area contributed by atoms with Crippen molar-refractivity contribution in [2.24, 2.45) is 11.3 Å². The quantitative estimate of drug-likeness (QED) is 0.750. The number of rotatable bonds is 5. The molecule has 6 heteroatoms. The molecule has 1 atom stereocenters. The SMILES string of the molecule is COCCNC(=O)N1CCC[C@H](CNC(=O)C(C)(C)C)C1. The van der Waals surface area contributed by atoms with Gasteiger partial charge in [-0.2, -0.15) is 0 Å². The Morgan fingerprint density at radius 1 is 1.29 bits per heavy atom. The number of methoxy groups -OCH3 is 1. The van der Waals surface area contributed by atoms with Gasteiger partial charge in [-0.3, -0.25) is 4.79 Å². The highest BCUT2D eigenvalue weighted by atomic mass is 16.5. The molecule has 0 radical (unpaired) electrons. The monoisotopic (exact) mass is 299 g/mol. The Balaban J connectivity index is 2.35. The standard InChI is InChI=1S/C15H29N3O3/c1-15(2,3)13(19)17-10-12-6-5-8-18(11-12)14(20)16-7-9-21-4/h12H,5-11H2,1-4H3,(H,16,20)(H,17,19)/t12-/m1/s1. The van der Waals surface area contributed by atoms with E-state index in [9.17, 15) is 9.59 Å². The van der Waals surface area contributed by atoms with Crippen LogP contribution in [0.15, 0.2) is 0 Å². The third-order valence-electron chi connectivity index (χ3n) is 3.62. The molecule has 0 aromatic carbocycles. The molecule has 1 saturated heterocycles. The van der Waals surface area contributed by atoms with Crippen LogP contribution in [0.5, 0.6) is 0 Å². The second-order valence-corrected chi connectivity index (χ2v) is 6.64. The highest BCUT2D eigenvalue weighted by Gasteiger charge is 2.26. The first-order chi connectivity index (χ1) is 9.84. The smallest absolute Gasteiger partial charge is 0.317 e. The lowest BCUT2D eigenvalue weighted by Gasteiger charge is -2.33. The molecule has 1 aliphatic rings. The van der Waals surface area contributed by atoms with Gasteiger partial charge in [0.1, 0.15) is 0 Å². The maximum absolute atomic E-state index is 12.0. The molecule has 0 aliphatic carbocycles. The first-order valence-corrected chi connectivity index (χ1v) is 7.64. The van der Waals surface area contributed by atoms with Gasteiger partial charge in [0, 0.05) is 38.7 Å². The number of ether oxygens (including phenoxy) is 1. The topological polar surface area (TPSA) is 70.7 Å². The summed E-state index contributed by atoms with van der Waals surface area (Å²) in [5.74, 6) is 0.391. The molecule has 0 aromatic heterocycles. The van der Waals surface area contributed by atoms with Gasteiger partial charge in [0.15, 0.2) is 0 Å². The third kappa shape index (κ3) is 6.33. The normalized spacial score (nSPS) is 19.2. The minimum absolute atomic E-state index is 0.0427. The first kappa shape index (κ1) is 17.8. The summed E-state index contributed by atoms with van der Waals surface area (Å²) in [6.45, 7) is 8.86. The Hall–Kier alpha value is -1.30. The summed E-state index contributed by atoms with van der Waals surface area (Å²) in [7, 11) is 1.61. The molecular formula is C15H29N3O3. The van der Waals surface area contributed by atoms with Gasteiger partial charge in [0.05, 0.1) is 6.61 Å². The number of likely N-dealkylation sites (tertiary alicyclic amines) is 1. The van der Waals surface area contributed by atoms with Crippen molar-refractivity contribution >= 4 is 11.9 Å². The summed E-state index contributed by atoms with van der Waals surface area (Å²) in [4.78, 5) is 25.7. The minimum Gasteiger partial charge on any atom is -0.383 e. The number of nitrogens with zero attached hydrogens (tertiary/aromatic N) is 1. The number of hydrogen-bond acceptors (Lipinski definition) is 3. The second kappa shape index (κ2) is 8.22. The van der Waals surface area contributed by atoms with Crippen molar-refractivity contribution in [3.63, 3.8) is 0 Å². The highest BCUT2D eigenvalue weighted by molar-refractivity contribution is 5.81. The summed E-state index contributed by atoms with van der Waals surface area (Å²) in [6.07, 6.45) is 2.03. The fourth-order valence-corrected chi connectivity index (χ4v) is 2.29. The predicted octanol–water partition coefficient (Wildman–Crippen LogP) is 1.22. The lowest BCUT2D eigenvalue weighted by Crippen LogP contribution is -2.48. The fraction of sp³-hybridized carbons (Fsp3) is 0.867. The van der Waals surface area contributed by atoms with E-state index in [1.54, 1.807) is 7.11 Å². The van der Waals surface area contributed by atoms with Crippen LogP contribution in [0.25, 0.3) is 0 Å². The lowest BCUT2D eigenvalue weighted by atomic mass is 9.94. The Kier molecular flexibility index (Phi) is 6.95. The Bertz CT molecular complexity index is 353. The summed E-state index contributed by atoms with van der Waals surface area (Å²) in [6, 6.07) is -0.0427. The molecule has 122 valence electrons. The maximum Gasteiger partial charge on any atom is 0.317 e. The van der Waals surface area contributed by atoms with E-state index in [1.807, 2.05) is 25.7 Å². The van der Waals surface area contributed by atoms with Gasteiger partial charge < -0.3 is 20.3 Å². The van der Waals surface area contributed by atoms with Crippen LogP contribution < -0.4 is 10.6 Å². The molecule has 21 heavy (non-hydrogen) atoms. The van der Waals surface area contributed by atoms with Crippen LogP contribution in [0, 0.1) is 11.3 Å². The van der Waals surface area contributed by atoms with Crippen LogP contribution in [0.1, 0.15) is 33.6 Å². The van der Waals surface area contributed by atoms with Crippen molar-refractivity contribution in [2.75, 3.05) is 39.9 Å². The van der Waals surface area contributed by atoms with E-state index in [2.05, 4.69) is 10.6 Å². The van der Waals surface area contributed by atoms with Gasteiger partial charge in [0.25, 0.3) is 0 Å². The van der Waals surface area contributed by atoms with Crippen molar-refractivity contribution in [2.45, 2.75) is 33.6 Å². The van der Waals surface area contributed by atoms with E-state index in [-0.39, 0.29) is 17.4 Å². The number of amides is 3. The molecule has 0 spiro atoms. The average molecular weight is 299 g/mol. The van der Waals surface area contributed by atoms with Crippen molar-refractivity contribution in [1.29, 1.82) is 0 Å². The van der Waals surface area contributed by atoms with Crippen molar-refractivity contribution in [1.82, 2.24) is 15.5 Å². The van der Waals surface area contributed by atoms with Crippen molar-refractivity contribution in [3.8, 4) is 0 Å². The highest BCUT2D eigenvalue weighted by Crippen LogP contribution is 2.17. The molecule has 1 heterocycles. The number of piperidine rings is 1. The fourth-order valence-electron chi connectivity index (χ4n) is 2.29. The molecule has 0 aromatic rings. The largest absolute Gasteiger partial charge is 0.383 e. The van der Waals surface area contributed by atoms with Crippen LogP contribution >= 0.6 is 0 Å². The maximum atomic E-state index is 12.0. The Labute approximate surface area is 127 Å². The number of nitrogens with one attached hydrogen (secondary N) is 2. The zero-order valence-electron chi connectivity index (χ0n) is 13.7. The van der Waals surface area contributed by atoms with Gasteiger partial charge in [-0.1, -0.05) is 20.8 Å². The predicted molar refractivity (Wildman–Crippen MR) is 82.0 cm³/mol. The van der Waals surface area contributed by atoms with Gasteiger partial charge in [-0.25, -0.2) is 4.79 Å². The molecule has 0 saturated carbocycles. The van der Waals surface area contributed by atoms with Gasteiger partial charge in [-0.05, 0) is 18.8 Å². The zero-order chi connectivity index (χ0) is 15.9. The van der Waals surface area contributed by atoms with Crippen LogP contribution in [-0.2, 0) is 9.53 Å². The van der Waals surface area contributed by atoms with E-state index in [0.29, 0.717) is 32.2 Å². The third-order valence-corrected chi connectivity index (χ3v) is 3.62. The van der Waals surface area contributed by atoms with Gasteiger partial charge in [-0.15, -0.1) is 0 Å². The molecule has 2 N–H and O–H groups in total. The zero-order valence-corrected chi connectivity index (χ0v) is 13.7. The average Bonchev–Trinajstić information content (AvgIpc) is 2.44. The van der Waals surface area contributed by atoms with Gasteiger partial charge >= 0.3 is 6.03 Å². The summed E-state index contributed by atoms with van der Waals surface area (Å²) in [5, 5.41) is 5.82. The van der Waals surface area contributed by atoms with E-state index in [0.717, 1.165) is 19.4 Å². The van der Waals surface area contributed by atoms with Crippen LogP contribution in [-0.4, -0.2) is 56.7 Å². The van der Waals surface area contributed by atoms with E-state index < -0.39 is 0 Å². The van der Waals surface area contributed by atoms with E-state index >= 15 is 0 Å². The van der Waals surface area contributed by atoms with Crippen molar-refractivity contribution < 1.29 is 14.3 Å². The van der Waals surface area contributed by atoms with Crippen LogP contribution in [0.3, 0.4) is 0 Å². The molecule has 3 amide bonds. The number of hydrogen-bond donors (Lipinski definition) is 2. The van der Waals surface area contributed by atoms with Crippen LogP contribution in [0.4, 0.5) is 4.79 Å². The summed E-state index contributed by atoms with van der Waals surface area (Å²) >= 11 is 0. The van der Waals surface area contributed by atoms with E-state index in [1.165, 1.54) is 0 Å². The van der Waals surface area contributed by atoms with E-state index in [4.69, 9.17) is 4.74 Å². The van der Waals surface area contributed by atoms with Crippen LogP contribution in [0.2, 0.25) is 0 Å². The second-order valence-electron chi connectivity index (χ2n) is 6.64. The van der Waals surface area contributed by atoms with Crippen molar-refractivity contribution in [3.05, 3.63) is 0 Å². The van der Waals surface area contributed by atoms with Gasteiger partial charge in [0.2, 0.25) is 5.91 Å². The Morgan fingerprint density at radius 3 is 2.62 bits per heavy atom. The lowest BCUT2D eigenvalue weighted by molar-refractivity contribution is -0.128. The molecule has 1 aliphatic heterocycles. The molecular weight excluding hydrogens is 270 g/mol. The summed E-state index contributed by atoms with van der Waals surface area (Å²) < 4.78 is 4.92. The number of urea groups is 1. The summed E-state index contributed by atoms with van der Waals surface area (Å²) in [5.41, 5.74) is -0.369.